The SMILES string of the molecule is COC(OC)O[SiH](OC)C1CCCCN1[Si](C)(C)C. The van der Waals surface area contributed by atoms with Crippen molar-refractivity contribution in [1.82, 2.24) is 4.57 Å². The van der Waals surface area contributed by atoms with Gasteiger partial charge in [0.1, 0.15) is 8.24 Å². The summed E-state index contributed by atoms with van der Waals surface area (Å²) in [5, 5.41) is 0. The Kier molecular flexibility index (Phi) is 7.16. The van der Waals surface area contributed by atoms with Gasteiger partial charge in [-0.05, 0) is 19.4 Å². The van der Waals surface area contributed by atoms with Crippen LogP contribution in [-0.4, -0.2) is 62.1 Å². The smallest absolute Gasteiger partial charge is 0.342 e. The first-order chi connectivity index (χ1) is 8.93. The van der Waals surface area contributed by atoms with E-state index in [-0.39, 0.29) is 0 Å². The van der Waals surface area contributed by atoms with Crippen LogP contribution in [0.2, 0.25) is 19.6 Å². The molecule has 114 valence electrons. The van der Waals surface area contributed by atoms with Crippen LogP contribution in [0.25, 0.3) is 0 Å². The average molecular weight is 308 g/mol. The number of rotatable bonds is 7. The van der Waals surface area contributed by atoms with E-state index in [1.54, 1.807) is 21.3 Å². The molecule has 0 aliphatic carbocycles. The lowest BCUT2D eigenvalue weighted by Crippen LogP contribution is -2.61. The fraction of sp³-hybridized carbons (Fsp3) is 1.00. The van der Waals surface area contributed by atoms with Crippen molar-refractivity contribution < 1.29 is 18.3 Å². The number of ether oxygens (including phenoxy) is 2. The van der Waals surface area contributed by atoms with Gasteiger partial charge in [-0.15, -0.1) is 0 Å². The molecule has 0 aromatic carbocycles. The third-order valence-corrected chi connectivity index (χ3v) is 8.44. The maximum atomic E-state index is 5.92. The van der Waals surface area contributed by atoms with Crippen LogP contribution in [0.5, 0.6) is 0 Å². The Morgan fingerprint density at radius 1 is 1.11 bits per heavy atom. The molecule has 0 amide bonds. The summed E-state index contributed by atoms with van der Waals surface area (Å²) < 4.78 is 24.5. The first-order valence-electron chi connectivity index (χ1n) is 6.94. The molecule has 19 heavy (non-hydrogen) atoms. The molecule has 0 spiro atoms. The van der Waals surface area contributed by atoms with Gasteiger partial charge < -0.3 is 22.9 Å². The lowest BCUT2D eigenvalue weighted by atomic mass is 10.2. The molecule has 0 radical (unpaired) electrons. The molecule has 0 N–H and O–H groups in total. The van der Waals surface area contributed by atoms with Gasteiger partial charge in [-0.2, -0.15) is 0 Å². The van der Waals surface area contributed by atoms with E-state index < -0.39 is 24.0 Å². The van der Waals surface area contributed by atoms with E-state index in [1.165, 1.54) is 19.4 Å². The highest BCUT2D eigenvalue weighted by atomic mass is 28.3. The zero-order valence-corrected chi connectivity index (χ0v) is 15.3. The minimum atomic E-state index is -1.83. The summed E-state index contributed by atoms with van der Waals surface area (Å²) >= 11 is 0. The highest BCUT2D eigenvalue weighted by Gasteiger charge is 2.40. The van der Waals surface area contributed by atoms with Gasteiger partial charge in [0, 0.05) is 27.0 Å². The maximum Gasteiger partial charge on any atom is 0.342 e. The number of nitrogens with zero attached hydrogens (tertiary/aromatic N) is 1. The van der Waals surface area contributed by atoms with Crippen LogP contribution in [0.3, 0.4) is 0 Å². The summed E-state index contributed by atoms with van der Waals surface area (Å²) in [5.74, 6) is 0. The molecule has 1 fully saturated rings. The van der Waals surface area contributed by atoms with Crippen LogP contribution in [0.4, 0.5) is 0 Å². The highest BCUT2D eigenvalue weighted by molar-refractivity contribution is 6.74. The van der Waals surface area contributed by atoms with Crippen molar-refractivity contribution in [2.24, 2.45) is 0 Å². The Balaban J connectivity index is 2.75. The number of hydrogen-bond donors (Lipinski definition) is 0. The molecule has 0 saturated carbocycles. The third kappa shape index (κ3) is 4.93. The van der Waals surface area contributed by atoms with Crippen molar-refractivity contribution in [3.63, 3.8) is 0 Å². The Labute approximate surface area is 120 Å². The van der Waals surface area contributed by atoms with Gasteiger partial charge in [-0.3, -0.25) is 0 Å². The number of piperidine rings is 1. The lowest BCUT2D eigenvalue weighted by molar-refractivity contribution is -0.229. The first-order valence-corrected chi connectivity index (χ1v) is 12.0. The van der Waals surface area contributed by atoms with Gasteiger partial charge in [0.25, 0.3) is 6.48 Å². The van der Waals surface area contributed by atoms with Crippen LogP contribution in [0, 0.1) is 0 Å². The molecular weight excluding hydrogens is 278 g/mol. The summed E-state index contributed by atoms with van der Waals surface area (Å²) in [7, 11) is 1.75. The maximum absolute atomic E-state index is 5.92. The predicted octanol–water partition coefficient (Wildman–Crippen LogP) is 1.67. The Bertz CT molecular complexity index is 259. The highest BCUT2D eigenvalue weighted by Crippen LogP contribution is 2.26. The van der Waals surface area contributed by atoms with Gasteiger partial charge >= 0.3 is 9.28 Å². The fourth-order valence-electron chi connectivity index (χ4n) is 2.69. The molecule has 7 heteroatoms. The molecule has 1 aliphatic heterocycles. The predicted molar refractivity (Wildman–Crippen MR) is 80.7 cm³/mol. The van der Waals surface area contributed by atoms with Crippen molar-refractivity contribution in [3.05, 3.63) is 0 Å². The lowest BCUT2D eigenvalue weighted by Gasteiger charge is -2.45. The summed E-state index contributed by atoms with van der Waals surface area (Å²) in [4.78, 5) is 0. The van der Waals surface area contributed by atoms with E-state index in [4.69, 9.17) is 18.3 Å². The largest absolute Gasteiger partial charge is 0.399 e. The molecule has 1 saturated heterocycles. The van der Waals surface area contributed by atoms with Crippen LogP contribution >= 0.6 is 0 Å². The third-order valence-electron chi connectivity index (χ3n) is 3.59. The summed E-state index contributed by atoms with van der Waals surface area (Å²) in [6.45, 7) is 7.72. The van der Waals surface area contributed by atoms with Crippen LogP contribution < -0.4 is 0 Å². The first kappa shape index (κ1) is 17.3. The van der Waals surface area contributed by atoms with Gasteiger partial charge in [-0.1, -0.05) is 26.1 Å². The van der Waals surface area contributed by atoms with Crippen LogP contribution in [0.1, 0.15) is 19.3 Å². The van der Waals surface area contributed by atoms with Crippen LogP contribution in [0.15, 0.2) is 0 Å². The zero-order valence-electron chi connectivity index (χ0n) is 13.1. The summed E-state index contributed by atoms with van der Waals surface area (Å²) in [6.07, 6.45) is 3.70. The van der Waals surface area contributed by atoms with Gasteiger partial charge in [0.05, 0.1) is 0 Å². The second-order valence-electron chi connectivity index (χ2n) is 5.93. The molecule has 0 bridgehead atoms. The van der Waals surface area contributed by atoms with E-state index in [2.05, 4.69) is 24.2 Å². The molecule has 0 aromatic heterocycles. The van der Waals surface area contributed by atoms with Crippen LogP contribution in [-0.2, 0) is 18.3 Å². The molecule has 0 aromatic rings. The molecule has 1 aliphatic rings. The zero-order chi connectivity index (χ0) is 14.5. The normalized spacial score (nSPS) is 23.8. The number of hydrogen-bond acceptors (Lipinski definition) is 5. The minimum Gasteiger partial charge on any atom is -0.399 e. The Morgan fingerprint density at radius 2 is 1.74 bits per heavy atom. The Morgan fingerprint density at radius 3 is 2.21 bits per heavy atom. The second-order valence-corrected chi connectivity index (χ2v) is 13.1. The Hall–Kier alpha value is 0.234. The van der Waals surface area contributed by atoms with Gasteiger partial charge in [-0.25, -0.2) is 0 Å². The molecular formula is C12H29NO4Si2. The van der Waals surface area contributed by atoms with Gasteiger partial charge in [0.15, 0.2) is 0 Å². The van der Waals surface area contributed by atoms with Crippen molar-refractivity contribution in [2.45, 2.75) is 51.0 Å². The fourth-order valence-corrected chi connectivity index (χ4v) is 8.35. The summed E-state index contributed by atoms with van der Waals surface area (Å²) in [6, 6.07) is 0. The molecule has 1 rings (SSSR count). The van der Waals surface area contributed by atoms with Crippen molar-refractivity contribution in [2.75, 3.05) is 27.9 Å². The molecule has 1 heterocycles. The summed E-state index contributed by atoms with van der Waals surface area (Å²) in [5.41, 5.74) is 0.429. The van der Waals surface area contributed by atoms with Crippen molar-refractivity contribution in [3.8, 4) is 0 Å². The standard InChI is InChI=1S/C12H29NO4Si2/c1-14-12(15-2)17-18(16-3)11-9-7-8-10-13(11)19(4,5)6/h11-12,18H,7-10H2,1-6H3. The van der Waals surface area contributed by atoms with Gasteiger partial charge in [0.2, 0.25) is 0 Å². The molecule has 2 unspecified atom stereocenters. The van der Waals surface area contributed by atoms with E-state index in [0.29, 0.717) is 5.67 Å². The second kappa shape index (κ2) is 7.87. The van der Waals surface area contributed by atoms with E-state index in [0.717, 1.165) is 6.42 Å². The van der Waals surface area contributed by atoms with E-state index in [9.17, 15) is 0 Å². The topological polar surface area (TPSA) is 40.2 Å². The van der Waals surface area contributed by atoms with Crippen molar-refractivity contribution in [1.29, 1.82) is 0 Å². The monoisotopic (exact) mass is 307 g/mol. The minimum absolute atomic E-state index is 0.429. The molecule has 2 atom stereocenters. The molecule has 5 nitrogen and oxygen atoms in total. The number of methoxy groups -OCH3 is 2. The van der Waals surface area contributed by atoms with E-state index in [1.807, 2.05) is 0 Å². The quantitative estimate of drug-likeness (QED) is 0.528. The van der Waals surface area contributed by atoms with E-state index >= 15 is 0 Å². The average Bonchev–Trinajstić information content (AvgIpc) is 2.39. The van der Waals surface area contributed by atoms with Crippen molar-refractivity contribution >= 4 is 17.5 Å².